The Kier molecular flexibility index (Phi) is 5.17. The fourth-order valence-electron chi connectivity index (χ4n) is 3.86. The summed E-state index contributed by atoms with van der Waals surface area (Å²) in [5.41, 5.74) is 0.342. The molecule has 7 nitrogen and oxygen atoms in total. The number of fused-ring (bicyclic) bond motifs is 1. The number of anilines is 1. The van der Waals surface area contributed by atoms with E-state index in [2.05, 4.69) is 5.32 Å². The Hall–Kier alpha value is -3.39. The molecule has 2 aromatic carbocycles. The maximum atomic E-state index is 15.0. The molecule has 2 heterocycles. The molecule has 30 heavy (non-hydrogen) atoms. The third kappa shape index (κ3) is 3.39. The molecule has 0 amide bonds. The predicted octanol–water partition coefficient (Wildman–Crippen LogP) is 2.63. The number of rotatable bonds is 4. The van der Waals surface area contributed by atoms with E-state index in [4.69, 9.17) is 4.74 Å². The van der Waals surface area contributed by atoms with Gasteiger partial charge in [0.1, 0.15) is 17.1 Å². The van der Waals surface area contributed by atoms with Gasteiger partial charge in [-0.25, -0.2) is 9.18 Å². The topological polar surface area (TPSA) is 83.8 Å². The van der Waals surface area contributed by atoms with E-state index in [9.17, 15) is 14.7 Å². The minimum Gasteiger partial charge on any atom is -0.497 e. The lowest BCUT2D eigenvalue weighted by molar-refractivity contribution is 0.0695. The summed E-state index contributed by atoms with van der Waals surface area (Å²) in [6, 6.07) is 9.84. The number of piperazine rings is 1. The largest absolute Gasteiger partial charge is 0.497 e. The third-order valence-corrected chi connectivity index (χ3v) is 5.46. The molecule has 1 fully saturated rings. The Morgan fingerprint density at radius 3 is 2.63 bits per heavy atom. The zero-order chi connectivity index (χ0) is 21.4. The molecule has 1 saturated heterocycles. The number of methoxy groups -OCH3 is 1. The number of benzene rings is 2. The summed E-state index contributed by atoms with van der Waals surface area (Å²) >= 11 is 0. The van der Waals surface area contributed by atoms with E-state index in [1.54, 1.807) is 42.0 Å². The van der Waals surface area contributed by atoms with E-state index in [-0.39, 0.29) is 11.4 Å². The molecule has 1 atom stereocenters. The third-order valence-electron chi connectivity index (χ3n) is 5.46. The molecule has 1 aromatic heterocycles. The average Bonchev–Trinajstić information content (AvgIpc) is 2.74. The monoisotopic (exact) mass is 411 g/mol. The van der Waals surface area contributed by atoms with Crippen LogP contribution in [-0.2, 0) is 0 Å². The summed E-state index contributed by atoms with van der Waals surface area (Å²) in [5, 5.41) is 12.8. The first-order valence-corrected chi connectivity index (χ1v) is 9.64. The second-order valence-corrected chi connectivity index (χ2v) is 7.31. The molecule has 4 rings (SSSR count). The lowest BCUT2D eigenvalue weighted by atomic mass is 10.1. The molecule has 0 spiro atoms. The second-order valence-electron chi connectivity index (χ2n) is 7.31. The van der Waals surface area contributed by atoms with Crippen LogP contribution in [0.15, 0.2) is 47.4 Å². The van der Waals surface area contributed by atoms with Crippen LogP contribution in [0.1, 0.15) is 17.3 Å². The molecule has 156 valence electrons. The van der Waals surface area contributed by atoms with Crippen molar-refractivity contribution >= 4 is 22.6 Å². The number of carbonyl (C=O) groups is 1. The van der Waals surface area contributed by atoms with Crippen LogP contribution in [0.25, 0.3) is 16.6 Å². The molecule has 1 aliphatic heterocycles. The van der Waals surface area contributed by atoms with Crippen molar-refractivity contribution in [3.05, 3.63) is 64.2 Å². The number of hydrogen-bond donors (Lipinski definition) is 2. The van der Waals surface area contributed by atoms with Crippen LogP contribution >= 0.6 is 0 Å². The van der Waals surface area contributed by atoms with Crippen LogP contribution in [0.4, 0.5) is 10.1 Å². The van der Waals surface area contributed by atoms with Crippen LogP contribution in [0.2, 0.25) is 0 Å². The van der Waals surface area contributed by atoms with Crippen LogP contribution in [-0.4, -0.2) is 48.4 Å². The molecule has 2 N–H and O–H groups in total. The molecule has 1 aliphatic rings. The van der Waals surface area contributed by atoms with Crippen molar-refractivity contribution in [2.45, 2.75) is 13.0 Å². The Balaban J connectivity index is 1.99. The van der Waals surface area contributed by atoms with Gasteiger partial charge in [-0.1, -0.05) is 0 Å². The number of aromatic carboxylic acids is 1. The van der Waals surface area contributed by atoms with E-state index in [1.807, 2.05) is 11.8 Å². The quantitative estimate of drug-likeness (QED) is 0.687. The zero-order valence-corrected chi connectivity index (χ0v) is 16.7. The highest BCUT2D eigenvalue weighted by Gasteiger charge is 2.24. The van der Waals surface area contributed by atoms with Crippen LogP contribution in [0, 0.1) is 5.82 Å². The van der Waals surface area contributed by atoms with Gasteiger partial charge in [0.25, 0.3) is 0 Å². The van der Waals surface area contributed by atoms with Gasteiger partial charge in [-0.15, -0.1) is 0 Å². The number of ether oxygens (including phenoxy) is 1. The molecule has 0 bridgehead atoms. The SMILES string of the molecule is COc1ccc(-n2cc(C(=O)O)c(=O)c3cc(F)c(N4CCNCC4C)cc32)cc1. The number of hydrogen-bond acceptors (Lipinski definition) is 5. The highest BCUT2D eigenvalue weighted by Crippen LogP contribution is 2.29. The van der Waals surface area contributed by atoms with E-state index in [1.165, 1.54) is 6.20 Å². The van der Waals surface area contributed by atoms with Gasteiger partial charge in [0.2, 0.25) is 5.43 Å². The number of carboxylic acids is 1. The summed E-state index contributed by atoms with van der Waals surface area (Å²) in [6.45, 7) is 4.08. The fourth-order valence-corrected chi connectivity index (χ4v) is 3.86. The lowest BCUT2D eigenvalue weighted by Crippen LogP contribution is -2.50. The van der Waals surface area contributed by atoms with Crippen LogP contribution < -0.4 is 20.4 Å². The van der Waals surface area contributed by atoms with Gasteiger partial charge in [-0.3, -0.25) is 4.79 Å². The highest BCUT2D eigenvalue weighted by atomic mass is 19.1. The van der Waals surface area contributed by atoms with E-state index in [0.29, 0.717) is 29.2 Å². The number of carboxylic acid groups (broad SMARTS) is 1. The van der Waals surface area contributed by atoms with E-state index in [0.717, 1.165) is 19.2 Å². The van der Waals surface area contributed by atoms with Gasteiger partial charge < -0.3 is 24.6 Å². The molecule has 3 aromatic rings. The first kappa shape index (κ1) is 19.9. The Bertz CT molecular complexity index is 1170. The van der Waals surface area contributed by atoms with Crippen molar-refractivity contribution in [2.24, 2.45) is 0 Å². The van der Waals surface area contributed by atoms with Crippen molar-refractivity contribution in [1.82, 2.24) is 9.88 Å². The standard InChI is InChI=1S/C22H22FN3O4/c1-13-11-24-7-8-25(13)20-10-19-16(9-18(20)23)21(27)17(22(28)29)12-26(19)14-3-5-15(30-2)6-4-14/h3-6,9-10,12-13,24H,7-8,11H2,1-2H3,(H,28,29). The van der Waals surface area contributed by atoms with Crippen molar-refractivity contribution in [1.29, 1.82) is 0 Å². The number of halogens is 1. The smallest absolute Gasteiger partial charge is 0.341 e. The van der Waals surface area contributed by atoms with Crippen molar-refractivity contribution in [3.63, 3.8) is 0 Å². The van der Waals surface area contributed by atoms with E-state index >= 15 is 4.39 Å². The maximum absolute atomic E-state index is 15.0. The van der Waals surface area contributed by atoms with E-state index < -0.39 is 22.8 Å². The lowest BCUT2D eigenvalue weighted by Gasteiger charge is -2.36. The number of nitrogens with one attached hydrogen (secondary N) is 1. The molecular weight excluding hydrogens is 389 g/mol. The molecule has 8 heteroatoms. The molecule has 1 unspecified atom stereocenters. The van der Waals surface area contributed by atoms with Gasteiger partial charge >= 0.3 is 5.97 Å². The summed E-state index contributed by atoms with van der Waals surface area (Å²) in [6.07, 6.45) is 1.29. The van der Waals surface area contributed by atoms with Gasteiger partial charge in [0.15, 0.2) is 0 Å². The molecular formula is C22H22FN3O4. The summed E-state index contributed by atoms with van der Waals surface area (Å²) in [7, 11) is 1.55. The second kappa shape index (κ2) is 7.79. The average molecular weight is 411 g/mol. The van der Waals surface area contributed by atoms with Gasteiger partial charge in [-0.05, 0) is 43.3 Å². The van der Waals surface area contributed by atoms with Gasteiger partial charge in [0.05, 0.1) is 18.3 Å². The molecule has 0 aliphatic carbocycles. The predicted molar refractivity (Wildman–Crippen MR) is 113 cm³/mol. The van der Waals surface area contributed by atoms with Crippen LogP contribution in [0.5, 0.6) is 5.75 Å². The Labute approximate surface area is 172 Å². The Morgan fingerprint density at radius 2 is 2.00 bits per heavy atom. The number of pyridine rings is 1. The minimum atomic E-state index is -1.36. The van der Waals surface area contributed by atoms with Crippen LogP contribution in [0.3, 0.4) is 0 Å². The summed E-state index contributed by atoms with van der Waals surface area (Å²) < 4.78 is 21.8. The van der Waals surface area contributed by atoms with Crippen molar-refractivity contribution in [3.8, 4) is 11.4 Å². The minimum absolute atomic E-state index is 0.0229. The number of nitrogens with zero attached hydrogens (tertiary/aromatic N) is 2. The number of aromatic nitrogens is 1. The molecule has 0 saturated carbocycles. The molecule has 0 radical (unpaired) electrons. The first-order valence-electron chi connectivity index (χ1n) is 9.64. The fraction of sp³-hybridized carbons (Fsp3) is 0.273. The van der Waals surface area contributed by atoms with Gasteiger partial charge in [-0.2, -0.15) is 0 Å². The Morgan fingerprint density at radius 1 is 1.27 bits per heavy atom. The highest BCUT2D eigenvalue weighted by molar-refractivity contribution is 5.94. The summed E-state index contributed by atoms with van der Waals surface area (Å²) in [5.74, 6) is -1.26. The van der Waals surface area contributed by atoms with Crippen molar-refractivity contribution in [2.75, 3.05) is 31.6 Å². The normalized spacial score (nSPS) is 16.6. The summed E-state index contributed by atoms with van der Waals surface area (Å²) in [4.78, 5) is 26.4. The first-order chi connectivity index (χ1) is 14.4. The van der Waals surface area contributed by atoms with Gasteiger partial charge in [0, 0.05) is 42.9 Å². The maximum Gasteiger partial charge on any atom is 0.341 e. The van der Waals surface area contributed by atoms with Crippen molar-refractivity contribution < 1.29 is 19.0 Å². The zero-order valence-electron chi connectivity index (χ0n) is 16.7.